The monoisotopic (exact) mass is 225 g/mol. The van der Waals surface area contributed by atoms with Gasteiger partial charge in [-0.1, -0.05) is 39.8 Å². The van der Waals surface area contributed by atoms with Crippen molar-refractivity contribution in [2.24, 2.45) is 5.41 Å². The Balaban J connectivity index is 2.57. The third kappa shape index (κ3) is 4.31. The molecule has 0 aliphatic rings. The summed E-state index contributed by atoms with van der Waals surface area (Å²) in [7, 11) is 0. The van der Waals surface area contributed by atoms with E-state index in [1.807, 2.05) is 0 Å². The van der Waals surface area contributed by atoms with Gasteiger partial charge in [-0.15, -0.1) is 0 Å². The smallest absolute Gasteiger partial charge is 0.230 e. The zero-order chi connectivity index (χ0) is 12.2. The topological polar surface area (TPSA) is 51.0 Å². The lowest BCUT2D eigenvalue weighted by Crippen LogP contribution is -2.19. The van der Waals surface area contributed by atoms with Crippen LogP contribution in [-0.4, -0.2) is 23.2 Å². The van der Waals surface area contributed by atoms with Crippen molar-refractivity contribution in [1.29, 1.82) is 0 Å². The second kappa shape index (κ2) is 5.43. The van der Waals surface area contributed by atoms with Crippen LogP contribution < -0.4 is 5.32 Å². The first kappa shape index (κ1) is 13.2. The van der Waals surface area contributed by atoms with E-state index in [-0.39, 0.29) is 11.3 Å². The fraction of sp³-hybridized carbons (Fsp3) is 0.833. The van der Waals surface area contributed by atoms with E-state index in [1.165, 1.54) is 0 Å². The summed E-state index contributed by atoms with van der Waals surface area (Å²) in [6.07, 6.45) is 0.852. The second-order valence-electron chi connectivity index (χ2n) is 5.50. The summed E-state index contributed by atoms with van der Waals surface area (Å²) in [6, 6.07) is 0. The van der Waals surface area contributed by atoms with Crippen molar-refractivity contribution in [3.63, 3.8) is 0 Å². The highest BCUT2D eigenvalue weighted by atomic mass is 16.5. The number of aromatic nitrogens is 2. The summed E-state index contributed by atoms with van der Waals surface area (Å²) in [6.45, 7) is 12.5. The van der Waals surface area contributed by atoms with Crippen molar-refractivity contribution in [3.8, 4) is 0 Å². The molecule has 1 N–H and O–H groups in total. The first-order chi connectivity index (χ1) is 7.42. The van der Waals surface area contributed by atoms with E-state index in [2.05, 4.69) is 50.1 Å². The Kier molecular flexibility index (Phi) is 4.47. The van der Waals surface area contributed by atoms with Crippen molar-refractivity contribution < 1.29 is 4.52 Å². The minimum Gasteiger partial charge on any atom is -0.339 e. The average molecular weight is 225 g/mol. The van der Waals surface area contributed by atoms with Gasteiger partial charge in [0, 0.05) is 18.9 Å². The van der Waals surface area contributed by atoms with Gasteiger partial charge in [0.25, 0.3) is 0 Å². The maximum atomic E-state index is 5.27. The van der Waals surface area contributed by atoms with Crippen LogP contribution in [0.3, 0.4) is 0 Å². The fourth-order valence-corrected chi connectivity index (χ4v) is 1.46. The van der Waals surface area contributed by atoms with Crippen LogP contribution in [0.1, 0.15) is 52.3 Å². The molecule has 0 spiro atoms. The number of nitrogens with zero attached hydrogens (tertiary/aromatic N) is 2. The van der Waals surface area contributed by atoms with Crippen molar-refractivity contribution in [2.45, 2.75) is 47.0 Å². The number of nitrogens with one attached hydrogen (secondary N) is 1. The Labute approximate surface area is 97.8 Å². The molecule has 4 heteroatoms. The Hall–Kier alpha value is -0.900. The van der Waals surface area contributed by atoms with Crippen molar-refractivity contribution in [3.05, 3.63) is 11.7 Å². The van der Waals surface area contributed by atoms with Gasteiger partial charge in [0.15, 0.2) is 5.82 Å². The molecule has 0 aromatic carbocycles. The first-order valence-electron chi connectivity index (χ1n) is 5.95. The molecule has 0 bridgehead atoms. The van der Waals surface area contributed by atoms with Crippen LogP contribution in [0, 0.1) is 5.41 Å². The third-order valence-electron chi connectivity index (χ3n) is 2.29. The molecule has 1 rings (SSSR count). The first-order valence-corrected chi connectivity index (χ1v) is 5.95. The van der Waals surface area contributed by atoms with Gasteiger partial charge in [0.2, 0.25) is 5.89 Å². The van der Waals surface area contributed by atoms with Gasteiger partial charge >= 0.3 is 0 Å². The highest BCUT2D eigenvalue weighted by Gasteiger charge is 2.18. The van der Waals surface area contributed by atoms with Gasteiger partial charge in [-0.2, -0.15) is 4.98 Å². The maximum absolute atomic E-state index is 5.27. The van der Waals surface area contributed by atoms with Crippen LogP contribution in [-0.2, 0) is 6.42 Å². The molecule has 1 atom stereocenters. The Morgan fingerprint density at radius 3 is 2.62 bits per heavy atom. The quantitative estimate of drug-likeness (QED) is 0.836. The highest BCUT2D eigenvalue weighted by Crippen LogP contribution is 2.20. The number of hydrogen-bond acceptors (Lipinski definition) is 4. The molecule has 4 nitrogen and oxygen atoms in total. The maximum Gasteiger partial charge on any atom is 0.230 e. The number of rotatable bonds is 5. The van der Waals surface area contributed by atoms with Gasteiger partial charge in [0.05, 0.1) is 0 Å². The van der Waals surface area contributed by atoms with Crippen LogP contribution in [0.15, 0.2) is 4.52 Å². The summed E-state index contributed by atoms with van der Waals surface area (Å²) in [5, 5.41) is 7.29. The van der Waals surface area contributed by atoms with E-state index >= 15 is 0 Å². The van der Waals surface area contributed by atoms with Gasteiger partial charge in [0.1, 0.15) is 0 Å². The molecule has 0 radical (unpaired) electrons. The zero-order valence-corrected chi connectivity index (χ0v) is 11.0. The molecule has 0 fully saturated rings. The molecule has 92 valence electrons. The number of hydrogen-bond donors (Lipinski definition) is 1. The molecule has 1 unspecified atom stereocenters. The van der Waals surface area contributed by atoms with E-state index < -0.39 is 0 Å². The van der Waals surface area contributed by atoms with E-state index in [0.717, 1.165) is 31.2 Å². The molecule has 1 aromatic rings. The van der Waals surface area contributed by atoms with Crippen LogP contribution in [0.2, 0.25) is 0 Å². The van der Waals surface area contributed by atoms with E-state index in [9.17, 15) is 0 Å². The van der Waals surface area contributed by atoms with Gasteiger partial charge in [-0.25, -0.2) is 0 Å². The summed E-state index contributed by atoms with van der Waals surface area (Å²) < 4.78 is 5.27. The third-order valence-corrected chi connectivity index (χ3v) is 2.29. The molecule has 0 aliphatic heterocycles. The summed E-state index contributed by atoms with van der Waals surface area (Å²) >= 11 is 0. The molecule has 0 aliphatic carbocycles. The van der Waals surface area contributed by atoms with Crippen molar-refractivity contribution in [1.82, 2.24) is 15.5 Å². The molecular weight excluding hydrogens is 202 g/mol. The average Bonchev–Trinajstić information content (AvgIpc) is 2.59. The summed E-state index contributed by atoms with van der Waals surface area (Å²) in [5.74, 6) is 1.83. The van der Waals surface area contributed by atoms with Crippen molar-refractivity contribution in [2.75, 3.05) is 13.1 Å². The highest BCUT2D eigenvalue weighted by molar-refractivity contribution is 4.95. The van der Waals surface area contributed by atoms with Crippen molar-refractivity contribution >= 4 is 0 Å². The molecule has 0 saturated heterocycles. The van der Waals surface area contributed by atoms with Gasteiger partial charge < -0.3 is 9.84 Å². The van der Waals surface area contributed by atoms with Gasteiger partial charge in [-0.05, 0) is 12.0 Å². The standard InChI is InChI=1S/C12H23N3O/c1-6-13-8-9(2)11-14-10(15-16-11)7-12(3,4)5/h9,13H,6-8H2,1-5H3. The lowest BCUT2D eigenvalue weighted by Gasteiger charge is -2.14. The zero-order valence-electron chi connectivity index (χ0n) is 11.0. The normalized spacial score (nSPS) is 14.1. The Morgan fingerprint density at radius 1 is 1.38 bits per heavy atom. The van der Waals surface area contributed by atoms with Crippen LogP contribution >= 0.6 is 0 Å². The molecule has 0 amide bonds. The fourth-order valence-electron chi connectivity index (χ4n) is 1.46. The predicted molar refractivity (Wildman–Crippen MR) is 64.4 cm³/mol. The van der Waals surface area contributed by atoms with E-state index in [0.29, 0.717) is 0 Å². The molecule has 0 saturated carbocycles. The largest absolute Gasteiger partial charge is 0.339 e. The SMILES string of the molecule is CCNCC(C)c1nc(CC(C)(C)C)no1. The molecule has 1 heterocycles. The van der Waals surface area contributed by atoms with Crippen LogP contribution in [0.4, 0.5) is 0 Å². The molecular formula is C12H23N3O. The van der Waals surface area contributed by atoms with E-state index in [1.54, 1.807) is 0 Å². The molecule has 1 aromatic heterocycles. The second-order valence-corrected chi connectivity index (χ2v) is 5.50. The summed E-state index contributed by atoms with van der Waals surface area (Å²) in [4.78, 5) is 4.43. The lowest BCUT2D eigenvalue weighted by atomic mass is 9.92. The Bertz CT molecular complexity index is 314. The minimum absolute atomic E-state index is 0.200. The summed E-state index contributed by atoms with van der Waals surface area (Å²) in [5.41, 5.74) is 0.200. The number of likely N-dealkylation sites (N-methyl/N-ethyl adjacent to an activating group) is 1. The van der Waals surface area contributed by atoms with Crippen LogP contribution in [0.25, 0.3) is 0 Å². The predicted octanol–water partition coefficient (Wildman–Crippen LogP) is 2.37. The van der Waals surface area contributed by atoms with Gasteiger partial charge in [-0.3, -0.25) is 0 Å². The van der Waals surface area contributed by atoms with Crippen LogP contribution in [0.5, 0.6) is 0 Å². The van der Waals surface area contributed by atoms with E-state index in [4.69, 9.17) is 4.52 Å². The Morgan fingerprint density at radius 2 is 2.06 bits per heavy atom. The lowest BCUT2D eigenvalue weighted by molar-refractivity contribution is 0.340. The minimum atomic E-state index is 0.200. The molecule has 16 heavy (non-hydrogen) atoms.